The molecule has 0 aliphatic carbocycles. The Morgan fingerprint density at radius 1 is 0.867 bits per heavy atom. The molecular weight excluding hydrogens is 208 g/mol. The Balaban J connectivity index is 2.63. The molecule has 0 bridgehead atoms. The fourth-order valence-electron chi connectivity index (χ4n) is 1.79. The third-order valence-electron chi connectivity index (χ3n) is 2.49. The quantitative estimate of drug-likeness (QED) is 0.565. The van der Waals surface area contributed by atoms with E-state index in [-0.39, 0.29) is 11.5 Å². The van der Waals surface area contributed by atoms with Gasteiger partial charge in [0, 0.05) is 20.2 Å². The summed E-state index contributed by atoms with van der Waals surface area (Å²) in [5, 5.41) is 21.0. The number of phenols is 2. The molecule has 1 aromatic heterocycles. The second kappa shape index (κ2) is 2.87. The number of rotatable bonds is 0. The molecule has 0 radical (unpaired) electrons. The van der Waals surface area contributed by atoms with Gasteiger partial charge in [0.1, 0.15) is 0 Å². The predicted molar refractivity (Wildman–Crippen MR) is 62.7 cm³/mol. The number of hydrogen-bond acceptors (Lipinski definition) is 3. The Hall–Kier alpha value is -1.74. The van der Waals surface area contributed by atoms with Crippen LogP contribution >= 0.6 is 11.3 Å². The summed E-state index contributed by atoms with van der Waals surface area (Å²) in [6.07, 6.45) is 0. The van der Waals surface area contributed by atoms with Crippen molar-refractivity contribution in [2.45, 2.75) is 0 Å². The van der Waals surface area contributed by atoms with Crippen molar-refractivity contribution in [1.82, 2.24) is 0 Å². The molecule has 0 amide bonds. The number of hydrogen-bond donors (Lipinski definition) is 2. The summed E-state index contributed by atoms with van der Waals surface area (Å²) in [4.78, 5) is 0. The molecule has 0 spiro atoms. The minimum atomic E-state index is -0.0638. The van der Waals surface area contributed by atoms with Gasteiger partial charge in [0.15, 0.2) is 11.5 Å². The van der Waals surface area contributed by atoms with Gasteiger partial charge >= 0.3 is 0 Å². The Morgan fingerprint density at radius 3 is 2.53 bits per heavy atom. The van der Waals surface area contributed by atoms with Crippen LogP contribution in [0.5, 0.6) is 11.5 Å². The molecule has 3 rings (SSSR count). The van der Waals surface area contributed by atoms with E-state index in [0.717, 1.165) is 20.2 Å². The van der Waals surface area contributed by atoms with Gasteiger partial charge in [-0.05, 0) is 18.2 Å². The van der Waals surface area contributed by atoms with Crippen LogP contribution in [0.2, 0.25) is 0 Å². The highest BCUT2D eigenvalue weighted by molar-refractivity contribution is 7.25. The Morgan fingerprint density at radius 2 is 1.67 bits per heavy atom. The molecule has 15 heavy (non-hydrogen) atoms. The van der Waals surface area contributed by atoms with Crippen LogP contribution < -0.4 is 0 Å². The SMILES string of the molecule is Oc1ccc2sc3ccccc3c2c1O. The zero-order valence-electron chi connectivity index (χ0n) is 7.77. The van der Waals surface area contributed by atoms with Crippen molar-refractivity contribution in [3.8, 4) is 11.5 Å². The molecule has 3 heteroatoms. The highest BCUT2D eigenvalue weighted by atomic mass is 32.1. The van der Waals surface area contributed by atoms with Gasteiger partial charge in [0.05, 0.1) is 0 Å². The summed E-state index contributed by atoms with van der Waals surface area (Å²) in [6, 6.07) is 11.2. The summed E-state index contributed by atoms with van der Waals surface area (Å²) in [5.74, 6) is -0.0870. The van der Waals surface area contributed by atoms with Crippen LogP contribution in [0.25, 0.3) is 20.2 Å². The van der Waals surface area contributed by atoms with Crippen molar-refractivity contribution in [2.24, 2.45) is 0 Å². The Bertz CT molecular complexity index is 655. The highest BCUT2D eigenvalue weighted by Crippen LogP contribution is 2.42. The van der Waals surface area contributed by atoms with Crippen molar-refractivity contribution in [1.29, 1.82) is 0 Å². The number of benzene rings is 2. The monoisotopic (exact) mass is 216 g/mol. The van der Waals surface area contributed by atoms with Crippen LogP contribution in [0.4, 0.5) is 0 Å². The second-order valence-corrected chi connectivity index (χ2v) is 4.49. The molecule has 0 unspecified atom stereocenters. The first-order valence-corrected chi connectivity index (χ1v) is 5.41. The van der Waals surface area contributed by atoms with Gasteiger partial charge in [0.2, 0.25) is 0 Å². The first-order chi connectivity index (χ1) is 7.27. The summed E-state index contributed by atoms with van der Waals surface area (Å²) in [5.41, 5.74) is 0. The van der Waals surface area contributed by atoms with Crippen molar-refractivity contribution < 1.29 is 10.2 Å². The summed E-state index contributed by atoms with van der Waals surface area (Å²) < 4.78 is 2.11. The summed E-state index contributed by atoms with van der Waals surface area (Å²) in [7, 11) is 0. The topological polar surface area (TPSA) is 40.5 Å². The molecule has 0 fully saturated rings. The van der Waals surface area contributed by atoms with Crippen LogP contribution in [-0.2, 0) is 0 Å². The van der Waals surface area contributed by atoms with Gasteiger partial charge < -0.3 is 10.2 Å². The maximum absolute atomic E-state index is 9.80. The van der Waals surface area contributed by atoms with E-state index in [2.05, 4.69) is 0 Å². The molecule has 0 aliphatic rings. The van der Waals surface area contributed by atoms with E-state index < -0.39 is 0 Å². The zero-order chi connectivity index (χ0) is 10.4. The molecule has 1 heterocycles. The summed E-state index contributed by atoms with van der Waals surface area (Å²) in [6.45, 7) is 0. The molecule has 0 saturated heterocycles. The average molecular weight is 216 g/mol. The lowest BCUT2D eigenvalue weighted by Gasteiger charge is -1.98. The van der Waals surface area contributed by atoms with E-state index in [9.17, 15) is 10.2 Å². The molecule has 74 valence electrons. The lowest BCUT2D eigenvalue weighted by atomic mass is 10.1. The number of phenolic OH excluding ortho intramolecular Hbond substituents is 2. The fraction of sp³-hybridized carbons (Fsp3) is 0. The molecule has 2 N–H and O–H groups in total. The van der Waals surface area contributed by atoms with Gasteiger partial charge in [-0.1, -0.05) is 18.2 Å². The van der Waals surface area contributed by atoms with Crippen LogP contribution in [0.3, 0.4) is 0 Å². The van der Waals surface area contributed by atoms with E-state index in [0.29, 0.717) is 0 Å². The lowest BCUT2D eigenvalue weighted by molar-refractivity contribution is 0.408. The molecule has 2 nitrogen and oxygen atoms in total. The maximum atomic E-state index is 9.80. The van der Waals surface area contributed by atoms with Crippen LogP contribution in [0.15, 0.2) is 36.4 Å². The lowest BCUT2D eigenvalue weighted by Crippen LogP contribution is -1.70. The molecule has 2 aromatic carbocycles. The van der Waals surface area contributed by atoms with E-state index in [1.807, 2.05) is 30.3 Å². The Kier molecular flexibility index (Phi) is 1.64. The average Bonchev–Trinajstić information content (AvgIpc) is 2.62. The van der Waals surface area contributed by atoms with Crippen LogP contribution in [-0.4, -0.2) is 10.2 Å². The van der Waals surface area contributed by atoms with E-state index >= 15 is 0 Å². The maximum Gasteiger partial charge on any atom is 0.166 e. The Labute approximate surface area is 90.0 Å². The van der Waals surface area contributed by atoms with Gasteiger partial charge in [-0.2, -0.15) is 0 Å². The highest BCUT2D eigenvalue weighted by Gasteiger charge is 2.11. The van der Waals surface area contributed by atoms with Crippen molar-refractivity contribution in [3.05, 3.63) is 36.4 Å². The van der Waals surface area contributed by atoms with Gasteiger partial charge in [-0.3, -0.25) is 0 Å². The standard InChI is InChI=1S/C12H8O2S/c13-8-5-6-10-11(12(8)14)7-3-1-2-4-9(7)15-10/h1-6,13-14H. The molecular formula is C12H8O2S. The van der Waals surface area contributed by atoms with Crippen molar-refractivity contribution >= 4 is 31.5 Å². The normalized spacial score (nSPS) is 11.2. The van der Waals surface area contributed by atoms with E-state index in [1.54, 1.807) is 11.3 Å². The molecule has 0 atom stereocenters. The van der Waals surface area contributed by atoms with Gasteiger partial charge in [-0.15, -0.1) is 11.3 Å². The predicted octanol–water partition coefficient (Wildman–Crippen LogP) is 3.47. The van der Waals surface area contributed by atoms with Crippen molar-refractivity contribution in [2.75, 3.05) is 0 Å². The number of aromatic hydroxyl groups is 2. The number of thiophene rings is 1. The fourth-order valence-corrected chi connectivity index (χ4v) is 2.90. The smallest absolute Gasteiger partial charge is 0.166 e. The second-order valence-electron chi connectivity index (χ2n) is 3.40. The largest absolute Gasteiger partial charge is 0.504 e. The third-order valence-corrected chi connectivity index (χ3v) is 3.63. The van der Waals surface area contributed by atoms with E-state index in [4.69, 9.17) is 0 Å². The van der Waals surface area contributed by atoms with Crippen LogP contribution in [0.1, 0.15) is 0 Å². The molecule has 0 aliphatic heterocycles. The first kappa shape index (κ1) is 8.56. The minimum Gasteiger partial charge on any atom is -0.504 e. The molecule has 0 saturated carbocycles. The molecule has 3 aromatic rings. The van der Waals surface area contributed by atoms with Crippen LogP contribution in [0, 0.1) is 0 Å². The first-order valence-electron chi connectivity index (χ1n) is 4.59. The van der Waals surface area contributed by atoms with Gasteiger partial charge in [0.25, 0.3) is 0 Å². The minimum absolute atomic E-state index is 0.0232. The van der Waals surface area contributed by atoms with Gasteiger partial charge in [-0.25, -0.2) is 0 Å². The summed E-state index contributed by atoms with van der Waals surface area (Å²) >= 11 is 1.61. The number of fused-ring (bicyclic) bond motifs is 3. The van der Waals surface area contributed by atoms with Crippen molar-refractivity contribution in [3.63, 3.8) is 0 Å². The third kappa shape index (κ3) is 1.10. The van der Waals surface area contributed by atoms with E-state index in [1.165, 1.54) is 6.07 Å². The zero-order valence-corrected chi connectivity index (χ0v) is 8.58.